The summed E-state index contributed by atoms with van der Waals surface area (Å²) < 4.78 is 0.906. The lowest BCUT2D eigenvalue weighted by molar-refractivity contribution is 1.38. The third-order valence-corrected chi connectivity index (χ3v) is 2.27. The highest BCUT2D eigenvalue weighted by atomic mass is 32.1. The maximum atomic E-state index is 5.18. The largest absolute Gasteiger partial charge is 0.361 e. The quantitative estimate of drug-likeness (QED) is 0.608. The van der Waals surface area contributed by atoms with Crippen LogP contribution in [0.25, 0.3) is 10.9 Å². The van der Waals surface area contributed by atoms with E-state index in [0.29, 0.717) is 0 Å². The number of fused-ring (bicyclic) bond motifs is 1. The molecule has 0 saturated heterocycles. The normalized spacial score (nSPS) is 10.4. The zero-order valence-corrected chi connectivity index (χ0v) is 7.61. The molecule has 1 N–H and O–H groups in total. The predicted octanol–water partition coefficient (Wildman–Crippen LogP) is 3.21. The maximum absolute atomic E-state index is 5.18. The van der Waals surface area contributed by atoms with Crippen LogP contribution in [0.2, 0.25) is 0 Å². The molecule has 1 nitrogen and oxygen atoms in total. The Bertz CT molecular complexity index is 470. The van der Waals surface area contributed by atoms with E-state index in [1.807, 2.05) is 12.3 Å². The zero-order valence-electron chi connectivity index (χ0n) is 6.79. The summed E-state index contributed by atoms with van der Waals surface area (Å²) >= 11 is 5.18. The van der Waals surface area contributed by atoms with Gasteiger partial charge in [0.1, 0.15) is 0 Å². The summed E-state index contributed by atoms with van der Waals surface area (Å²) in [5.74, 6) is 0. The Morgan fingerprint density at radius 3 is 2.92 bits per heavy atom. The van der Waals surface area contributed by atoms with Crippen LogP contribution in [0.1, 0.15) is 5.56 Å². The average Bonchev–Trinajstić information content (AvgIpc) is 2.04. The van der Waals surface area contributed by atoms with Crippen molar-refractivity contribution in [1.29, 1.82) is 0 Å². The van der Waals surface area contributed by atoms with Crippen LogP contribution in [0.15, 0.2) is 30.5 Å². The van der Waals surface area contributed by atoms with Gasteiger partial charge >= 0.3 is 0 Å². The molecule has 0 saturated carbocycles. The highest BCUT2D eigenvalue weighted by Gasteiger charge is 1.93. The van der Waals surface area contributed by atoms with Gasteiger partial charge in [-0.3, -0.25) is 0 Å². The fraction of sp³-hybridized carbons (Fsp3) is 0.100. The van der Waals surface area contributed by atoms with E-state index in [9.17, 15) is 0 Å². The molecule has 1 heterocycles. The minimum atomic E-state index is 0.906. The first-order valence-electron chi connectivity index (χ1n) is 3.85. The number of pyridine rings is 1. The van der Waals surface area contributed by atoms with Crippen molar-refractivity contribution in [3.8, 4) is 0 Å². The summed E-state index contributed by atoms with van der Waals surface area (Å²) in [7, 11) is 0. The third-order valence-electron chi connectivity index (χ3n) is 1.91. The lowest BCUT2D eigenvalue weighted by Gasteiger charge is -1.98. The minimum Gasteiger partial charge on any atom is -0.361 e. The summed E-state index contributed by atoms with van der Waals surface area (Å²) in [6.07, 6.45) is 1.88. The van der Waals surface area contributed by atoms with Crippen LogP contribution in [-0.2, 0) is 0 Å². The number of rotatable bonds is 0. The van der Waals surface area contributed by atoms with E-state index < -0.39 is 0 Å². The SMILES string of the molecule is Cc1ccc2c(=S)cc[nH]c2c1. The molecular weight excluding hydrogens is 166 g/mol. The molecular formula is C10H9NS. The van der Waals surface area contributed by atoms with Gasteiger partial charge in [0.25, 0.3) is 0 Å². The van der Waals surface area contributed by atoms with Crippen LogP contribution in [0.3, 0.4) is 0 Å². The predicted molar refractivity (Wildman–Crippen MR) is 53.9 cm³/mol. The average molecular weight is 175 g/mol. The van der Waals surface area contributed by atoms with Crippen molar-refractivity contribution in [2.75, 3.05) is 0 Å². The van der Waals surface area contributed by atoms with E-state index in [4.69, 9.17) is 12.2 Å². The number of H-pyrrole nitrogens is 1. The number of aryl methyl sites for hydroxylation is 1. The first-order valence-corrected chi connectivity index (χ1v) is 4.26. The van der Waals surface area contributed by atoms with Gasteiger partial charge in [0.05, 0.1) is 0 Å². The topological polar surface area (TPSA) is 15.8 Å². The van der Waals surface area contributed by atoms with Gasteiger partial charge in [-0.2, -0.15) is 0 Å². The van der Waals surface area contributed by atoms with Crippen LogP contribution in [0.5, 0.6) is 0 Å². The Balaban J connectivity index is 2.96. The zero-order chi connectivity index (χ0) is 8.55. The Kier molecular flexibility index (Phi) is 1.70. The molecule has 0 radical (unpaired) electrons. The van der Waals surface area contributed by atoms with Gasteiger partial charge in [0.15, 0.2) is 0 Å². The number of hydrogen-bond donors (Lipinski definition) is 1. The van der Waals surface area contributed by atoms with Crippen molar-refractivity contribution < 1.29 is 0 Å². The van der Waals surface area contributed by atoms with Crippen molar-refractivity contribution in [3.05, 3.63) is 40.5 Å². The molecule has 0 fully saturated rings. The molecule has 0 amide bonds. The molecule has 0 spiro atoms. The van der Waals surface area contributed by atoms with Crippen molar-refractivity contribution in [3.63, 3.8) is 0 Å². The molecule has 1 aromatic heterocycles. The first-order chi connectivity index (χ1) is 5.77. The monoisotopic (exact) mass is 175 g/mol. The minimum absolute atomic E-state index is 0.906. The Morgan fingerprint density at radius 1 is 1.25 bits per heavy atom. The molecule has 0 atom stereocenters. The molecule has 0 aliphatic rings. The van der Waals surface area contributed by atoms with Gasteiger partial charge in [-0.25, -0.2) is 0 Å². The van der Waals surface area contributed by atoms with E-state index in [-0.39, 0.29) is 0 Å². The molecule has 2 aromatic rings. The van der Waals surface area contributed by atoms with Crippen molar-refractivity contribution in [1.82, 2.24) is 4.98 Å². The van der Waals surface area contributed by atoms with Crippen molar-refractivity contribution >= 4 is 23.1 Å². The summed E-state index contributed by atoms with van der Waals surface area (Å²) in [5.41, 5.74) is 2.36. The lowest BCUT2D eigenvalue weighted by Crippen LogP contribution is -1.79. The van der Waals surface area contributed by atoms with E-state index in [1.54, 1.807) is 0 Å². The van der Waals surface area contributed by atoms with E-state index >= 15 is 0 Å². The highest BCUT2D eigenvalue weighted by Crippen LogP contribution is 2.13. The van der Waals surface area contributed by atoms with Crippen molar-refractivity contribution in [2.24, 2.45) is 0 Å². The van der Waals surface area contributed by atoms with Crippen LogP contribution < -0.4 is 0 Å². The van der Waals surface area contributed by atoms with Crippen LogP contribution >= 0.6 is 12.2 Å². The fourth-order valence-electron chi connectivity index (χ4n) is 1.29. The number of hydrogen-bond acceptors (Lipinski definition) is 1. The second-order valence-electron chi connectivity index (χ2n) is 2.89. The van der Waals surface area contributed by atoms with Crippen LogP contribution in [0.4, 0.5) is 0 Å². The van der Waals surface area contributed by atoms with E-state index in [0.717, 1.165) is 15.4 Å². The molecule has 2 rings (SSSR count). The maximum Gasteiger partial charge on any atom is 0.0484 e. The van der Waals surface area contributed by atoms with Gasteiger partial charge < -0.3 is 4.98 Å². The number of aromatic nitrogens is 1. The van der Waals surface area contributed by atoms with Gasteiger partial charge in [0.2, 0.25) is 0 Å². The lowest BCUT2D eigenvalue weighted by atomic mass is 10.1. The fourth-order valence-corrected chi connectivity index (χ4v) is 1.54. The van der Waals surface area contributed by atoms with Crippen LogP contribution in [-0.4, -0.2) is 4.98 Å². The molecule has 0 unspecified atom stereocenters. The molecule has 2 heteroatoms. The smallest absolute Gasteiger partial charge is 0.0484 e. The number of benzene rings is 1. The van der Waals surface area contributed by atoms with Crippen molar-refractivity contribution in [2.45, 2.75) is 6.92 Å². The number of aromatic amines is 1. The van der Waals surface area contributed by atoms with E-state index in [1.165, 1.54) is 5.56 Å². The van der Waals surface area contributed by atoms with Gasteiger partial charge in [-0.15, -0.1) is 0 Å². The molecule has 12 heavy (non-hydrogen) atoms. The Hall–Kier alpha value is -1.15. The number of nitrogens with one attached hydrogen (secondary N) is 1. The van der Waals surface area contributed by atoms with Gasteiger partial charge in [-0.1, -0.05) is 24.4 Å². The molecule has 0 bridgehead atoms. The third kappa shape index (κ3) is 1.14. The second-order valence-corrected chi connectivity index (χ2v) is 3.33. The van der Waals surface area contributed by atoms with E-state index in [2.05, 4.69) is 30.1 Å². The Labute approximate surface area is 76.1 Å². The highest BCUT2D eigenvalue weighted by molar-refractivity contribution is 7.71. The standard InChI is InChI=1S/C10H9NS/c1-7-2-3-8-9(6-7)11-5-4-10(8)12/h2-6H,1H3,(H,11,12). The molecule has 0 aliphatic carbocycles. The first kappa shape index (κ1) is 7.50. The van der Waals surface area contributed by atoms with Crippen LogP contribution in [0, 0.1) is 11.4 Å². The molecule has 1 aromatic carbocycles. The summed E-state index contributed by atoms with van der Waals surface area (Å²) in [6.45, 7) is 2.07. The van der Waals surface area contributed by atoms with Gasteiger partial charge in [-0.05, 0) is 24.6 Å². The summed E-state index contributed by atoms with van der Waals surface area (Å²) in [4.78, 5) is 3.17. The molecule has 0 aliphatic heterocycles. The van der Waals surface area contributed by atoms with Gasteiger partial charge in [0, 0.05) is 21.6 Å². The Morgan fingerprint density at radius 2 is 2.08 bits per heavy atom. The molecule has 60 valence electrons. The second kappa shape index (κ2) is 2.72. The summed E-state index contributed by atoms with van der Waals surface area (Å²) in [6, 6.07) is 8.15. The summed E-state index contributed by atoms with van der Waals surface area (Å²) in [5, 5.41) is 1.12.